The third kappa shape index (κ3) is 5.71. The summed E-state index contributed by atoms with van der Waals surface area (Å²) in [6.07, 6.45) is 4.44. The van der Waals surface area contributed by atoms with Crippen molar-refractivity contribution in [2.24, 2.45) is 5.92 Å². The van der Waals surface area contributed by atoms with Crippen molar-refractivity contribution in [3.05, 3.63) is 54.2 Å². The Morgan fingerprint density at radius 3 is 2.73 bits per heavy atom. The zero-order chi connectivity index (χ0) is 23.0. The van der Waals surface area contributed by atoms with Gasteiger partial charge in [0.1, 0.15) is 17.6 Å². The van der Waals surface area contributed by atoms with E-state index < -0.39 is 0 Å². The van der Waals surface area contributed by atoms with Crippen LogP contribution in [0.15, 0.2) is 51.5 Å². The molecule has 1 N–H and O–H groups in total. The zero-order valence-electron chi connectivity index (χ0n) is 18.1. The monoisotopic (exact) mass is 452 g/mol. The molecule has 1 aromatic carbocycles. The minimum Gasteiger partial charge on any atom is -0.494 e. The molecule has 0 radical (unpaired) electrons. The summed E-state index contributed by atoms with van der Waals surface area (Å²) in [7, 11) is 0. The number of hydrogen-bond donors (Lipinski definition) is 1. The lowest BCUT2D eigenvalue weighted by Gasteiger charge is -2.30. The minimum absolute atomic E-state index is 0.0449. The van der Waals surface area contributed by atoms with E-state index in [1.54, 1.807) is 24.3 Å². The van der Waals surface area contributed by atoms with E-state index in [0.29, 0.717) is 56.5 Å². The number of hydrogen-bond acceptors (Lipinski definition) is 7. The van der Waals surface area contributed by atoms with Crippen molar-refractivity contribution in [1.82, 2.24) is 10.3 Å². The predicted octanol–water partition coefficient (Wildman–Crippen LogP) is 4.14. The Morgan fingerprint density at radius 2 is 2.03 bits per heavy atom. The third-order valence-electron chi connectivity index (χ3n) is 5.55. The molecule has 0 unspecified atom stereocenters. The van der Waals surface area contributed by atoms with Crippen LogP contribution in [0, 0.1) is 23.1 Å². The lowest BCUT2D eigenvalue weighted by molar-refractivity contribution is -0.125. The number of ether oxygens (including phenoxy) is 1. The van der Waals surface area contributed by atoms with E-state index in [9.17, 15) is 14.4 Å². The summed E-state index contributed by atoms with van der Waals surface area (Å²) < 4.78 is 29.5. The van der Waals surface area contributed by atoms with Crippen molar-refractivity contribution in [1.29, 1.82) is 5.26 Å². The molecule has 9 heteroatoms. The number of nitriles is 1. The first kappa shape index (κ1) is 22.4. The van der Waals surface area contributed by atoms with Crippen LogP contribution in [0.5, 0.6) is 5.75 Å². The van der Waals surface area contributed by atoms with Crippen molar-refractivity contribution in [2.45, 2.75) is 25.7 Å². The van der Waals surface area contributed by atoms with Gasteiger partial charge < -0.3 is 23.8 Å². The first-order valence-corrected chi connectivity index (χ1v) is 11.0. The molecule has 33 heavy (non-hydrogen) atoms. The maximum atomic E-state index is 12.9. The summed E-state index contributed by atoms with van der Waals surface area (Å²) in [5.74, 6) is 1.47. The smallest absolute Gasteiger partial charge is 0.266 e. The molecule has 3 heterocycles. The molecule has 0 atom stereocenters. The van der Waals surface area contributed by atoms with Gasteiger partial charge in [-0.1, -0.05) is 0 Å². The van der Waals surface area contributed by atoms with Crippen LogP contribution >= 0.6 is 0 Å². The van der Waals surface area contributed by atoms with Gasteiger partial charge in [-0.25, -0.2) is 4.39 Å². The number of amides is 1. The molecule has 1 fully saturated rings. The van der Waals surface area contributed by atoms with Gasteiger partial charge in [-0.2, -0.15) is 10.2 Å². The molecule has 0 bridgehead atoms. The van der Waals surface area contributed by atoms with Crippen LogP contribution in [-0.2, 0) is 4.79 Å². The van der Waals surface area contributed by atoms with E-state index >= 15 is 0 Å². The molecule has 1 aliphatic rings. The summed E-state index contributed by atoms with van der Waals surface area (Å²) in [6.45, 7) is 2.30. The maximum absolute atomic E-state index is 12.9. The van der Waals surface area contributed by atoms with Gasteiger partial charge in [0.05, 0.1) is 12.9 Å². The van der Waals surface area contributed by atoms with E-state index in [0.717, 1.165) is 12.8 Å². The normalized spacial score (nSPS) is 14.1. The minimum atomic E-state index is -0.291. The third-order valence-corrected chi connectivity index (χ3v) is 5.55. The molecule has 0 spiro atoms. The van der Waals surface area contributed by atoms with E-state index in [2.05, 4.69) is 16.4 Å². The van der Waals surface area contributed by atoms with Crippen LogP contribution in [0.1, 0.15) is 31.4 Å². The largest absolute Gasteiger partial charge is 0.494 e. The average Bonchev–Trinajstić information content (AvgIpc) is 3.52. The van der Waals surface area contributed by atoms with Crippen LogP contribution in [0.25, 0.3) is 11.7 Å². The number of anilines is 1. The van der Waals surface area contributed by atoms with E-state index in [-0.39, 0.29) is 29.2 Å². The Balaban J connectivity index is 1.17. The maximum Gasteiger partial charge on any atom is 0.266 e. The fourth-order valence-electron chi connectivity index (χ4n) is 3.75. The van der Waals surface area contributed by atoms with Gasteiger partial charge >= 0.3 is 0 Å². The molecular weight excluding hydrogens is 427 g/mol. The summed E-state index contributed by atoms with van der Waals surface area (Å²) in [5, 5.41) is 12.4. The second-order valence-electron chi connectivity index (χ2n) is 7.82. The molecule has 172 valence electrons. The molecule has 1 saturated heterocycles. The molecule has 4 rings (SSSR count). The molecule has 2 aromatic heterocycles. The summed E-state index contributed by atoms with van der Waals surface area (Å²) in [5.41, 5.74) is 0.215. The van der Waals surface area contributed by atoms with Crippen molar-refractivity contribution < 1.29 is 22.8 Å². The summed E-state index contributed by atoms with van der Waals surface area (Å²) in [4.78, 5) is 18.7. The van der Waals surface area contributed by atoms with Crippen molar-refractivity contribution >= 4 is 11.8 Å². The van der Waals surface area contributed by atoms with Crippen LogP contribution < -0.4 is 15.0 Å². The number of nitrogens with one attached hydrogen (secondary N) is 1. The number of rotatable bonds is 9. The Morgan fingerprint density at radius 1 is 1.24 bits per heavy atom. The predicted molar refractivity (Wildman–Crippen MR) is 118 cm³/mol. The highest BCUT2D eigenvalue weighted by atomic mass is 19.1. The van der Waals surface area contributed by atoms with Gasteiger partial charge in [0.25, 0.3) is 5.89 Å². The van der Waals surface area contributed by atoms with Gasteiger partial charge in [-0.15, -0.1) is 0 Å². The number of furan rings is 1. The van der Waals surface area contributed by atoms with Crippen molar-refractivity contribution in [3.63, 3.8) is 0 Å². The van der Waals surface area contributed by atoms with Crippen LogP contribution in [-0.4, -0.2) is 37.1 Å². The molecule has 8 nitrogen and oxygen atoms in total. The topological polar surface area (TPSA) is 105 Å². The number of oxazole rings is 1. The second-order valence-corrected chi connectivity index (χ2v) is 7.82. The number of aromatic nitrogens is 1. The Kier molecular flexibility index (Phi) is 7.25. The molecule has 1 aliphatic heterocycles. The number of halogens is 1. The molecule has 0 aliphatic carbocycles. The van der Waals surface area contributed by atoms with Gasteiger partial charge in [-0.3, -0.25) is 4.79 Å². The number of benzene rings is 1. The quantitative estimate of drug-likeness (QED) is 0.487. The number of carbonyl (C=O) groups is 1. The Labute approximate surface area is 191 Å². The van der Waals surface area contributed by atoms with Crippen LogP contribution in [0.3, 0.4) is 0 Å². The molecule has 0 saturated carbocycles. The van der Waals surface area contributed by atoms with Gasteiger partial charge in [0, 0.05) is 25.6 Å². The lowest BCUT2D eigenvalue weighted by atomic mass is 9.96. The molecule has 3 aromatic rings. The fourth-order valence-corrected chi connectivity index (χ4v) is 3.75. The summed E-state index contributed by atoms with van der Waals surface area (Å²) >= 11 is 0. The van der Waals surface area contributed by atoms with E-state index in [1.165, 1.54) is 18.4 Å². The van der Waals surface area contributed by atoms with Crippen LogP contribution in [0.2, 0.25) is 0 Å². The van der Waals surface area contributed by atoms with Crippen LogP contribution in [0.4, 0.5) is 10.3 Å². The highest BCUT2D eigenvalue weighted by Gasteiger charge is 2.29. The van der Waals surface area contributed by atoms with Crippen molar-refractivity contribution in [3.8, 4) is 23.5 Å². The fraction of sp³-hybridized carbons (Fsp3) is 0.375. The Hall–Kier alpha value is -3.80. The number of carbonyl (C=O) groups excluding carboxylic acids is 1. The van der Waals surface area contributed by atoms with Gasteiger partial charge in [-0.05, 0) is 62.1 Å². The number of unbranched alkanes of at least 4 members (excludes halogenated alkanes) is 1. The SMILES string of the molecule is N#Cc1nc(-c2ccco2)oc1N1CCC(C(=O)NCCCCOc2ccc(F)cc2)CC1. The highest BCUT2D eigenvalue weighted by Crippen LogP contribution is 2.31. The molecular formula is C24H25FN4O4. The van der Waals surface area contributed by atoms with Gasteiger partial charge in [0.15, 0.2) is 5.76 Å². The molecule has 1 amide bonds. The highest BCUT2D eigenvalue weighted by molar-refractivity contribution is 5.79. The average molecular weight is 452 g/mol. The first-order chi connectivity index (χ1) is 16.1. The van der Waals surface area contributed by atoms with E-state index in [4.69, 9.17) is 13.6 Å². The standard InChI is InChI=1S/C24H25FN4O4/c25-18-5-7-19(8-6-18)31-14-2-1-11-27-22(30)17-9-12-29(13-10-17)24-20(16-26)28-23(33-24)21-4-3-15-32-21/h3-8,15,17H,1-2,9-14H2,(H,27,30). The number of piperidine rings is 1. The lowest BCUT2D eigenvalue weighted by Crippen LogP contribution is -2.41. The van der Waals surface area contributed by atoms with Gasteiger partial charge in [0.2, 0.25) is 17.5 Å². The first-order valence-electron chi connectivity index (χ1n) is 11.0. The van der Waals surface area contributed by atoms with Crippen molar-refractivity contribution in [2.75, 3.05) is 31.1 Å². The Bertz CT molecular complexity index is 1080. The second kappa shape index (κ2) is 10.7. The van der Waals surface area contributed by atoms with E-state index in [1.807, 2.05) is 4.90 Å². The zero-order valence-corrected chi connectivity index (χ0v) is 18.1. The summed E-state index contributed by atoms with van der Waals surface area (Å²) in [6, 6.07) is 11.4. The number of nitrogens with zero attached hydrogens (tertiary/aromatic N) is 3.